The molecule has 2 nitrogen and oxygen atoms in total. The van der Waals surface area contributed by atoms with Crippen molar-refractivity contribution in [2.75, 3.05) is 4.90 Å². The van der Waals surface area contributed by atoms with Gasteiger partial charge in [0, 0.05) is 33.4 Å². The Balaban J connectivity index is 1.18. The van der Waals surface area contributed by atoms with Gasteiger partial charge in [0.1, 0.15) is 0 Å². The average Bonchev–Trinajstić information content (AvgIpc) is 3.62. The van der Waals surface area contributed by atoms with Crippen LogP contribution in [0.25, 0.3) is 72.0 Å². The average molecular weight is 715 g/mol. The van der Waals surface area contributed by atoms with Crippen molar-refractivity contribution >= 4 is 38.9 Å². The quantitative estimate of drug-likeness (QED) is 0.152. The van der Waals surface area contributed by atoms with E-state index in [9.17, 15) is 0 Å². The molecule has 1 aromatic heterocycles. The van der Waals surface area contributed by atoms with Crippen LogP contribution in [0.4, 0.5) is 17.1 Å². The third-order valence-electron chi connectivity index (χ3n) is 10.8. The normalized spacial score (nSPS) is 11.2. The van der Waals surface area contributed by atoms with Crippen molar-refractivity contribution in [3.05, 3.63) is 231 Å². The zero-order valence-corrected chi connectivity index (χ0v) is 30.8. The summed E-state index contributed by atoms with van der Waals surface area (Å²) in [5, 5.41) is 2.47. The molecule has 0 saturated heterocycles. The van der Waals surface area contributed by atoms with Crippen molar-refractivity contribution in [1.82, 2.24) is 4.57 Å². The van der Waals surface area contributed by atoms with E-state index in [1.807, 2.05) is 0 Å². The van der Waals surface area contributed by atoms with Crippen molar-refractivity contribution in [2.24, 2.45) is 0 Å². The lowest BCUT2D eigenvalue weighted by atomic mass is 9.96. The van der Waals surface area contributed by atoms with Gasteiger partial charge < -0.3 is 9.47 Å². The molecule has 0 bridgehead atoms. The predicted molar refractivity (Wildman–Crippen MR) is 237 cm³/mol. The van der Waals surface area contributed by atoms with E-state index in [1.54, 1.807) is 0 Å². The van der Waals surface area contributed by atoms with Gasteiger partial charge in [-0.3, -0.25) is 0 Å². The fraction of sp³-hybridized carbons (Fsp3) is 0. The minimum absolute atomic E-state index is 1.09. The van der Waals surface area contributed by atoms with Crippen LogP contribution in [-0.4, -0.2) is 4.57 Å². The van der Waals surface area contributed by atoms with Gasteiger partial charge in [0.2, 0.25) is 0 Å². The third kappa shape index (κ3) is 6.04. The number of rotatable bonds is 8. The molecule has 10 aromatic rings. The summed E-state index contributed by atoms with van der Waals surface area (Å²) in [6.45, 7) is 0. The van der Waals surface area contributed by atoms with E-state index >= 15 is 0 Å². The van der Waals surface area contributed by atoms with Crippen molar-refractivity contribution in [3.8, 4) is 50.2 Å². The van der Waals surface area contributed by atoms with Crippen LogP contribution in [0.5, 0.6) is 0 Å². The maximum absolute atomic E-state index is 2.41. The molecular formula is C54H38N2. The summed E-state index contributed by atoms with van der Waals surface area (Å²) in [7, 11) is 0. The van der Waals surface area contributed by atoms with Crippen LogP contribution < -0.4 is 4.90 Å². The zero-order chi connectivity index (χ0) is 37.3. The predicted octanol–water partition coefficient (Wildman–Crippen LogP) is 14.9. The van der Waals surface area contributed by atoms with Gasteiger partial charge in [-0.05, 0) is 99.6 Å². The van der Waals surface area contributed by atoms with E-state index in [-0.39, 0.29) is 0 Å². The maximum Gasteiger partial charge on any atom is 0.0547 e. The minimum Gasteiger partial charge on any atom is -0.310 e. The molecule has 0 saturated carbocycles. The summed E-state index contributed by atoms with van der Waals surface area (Å²) in [4.78, 5) is 2.40. The summed E-state index contributed by atoms with van der Waals surface area (Å²) in [5.41, 5.74) is 16.3. The highest BCUT2D eigenvalue weighted by molar-refractivity contribution is 6.16. The van der Waals surface area contributed by atoms with Gasteiger partial charge in [0.05, 0.1) is 16.7 Å². The highest BCUT2D eigenvalue weighted by Crippen LogP contribution is 2.44. The molecule has 0 fully saturated rings. The van der Waals surface area contributed by atoms with Crippen LogP contribution in [0.15, 0.2) is 231 Å². The van der Waals surface area contributed by atoms with E-state index in [2.05, 4.69) is 240 Å². The molecule has 10 rings (SSSR count). The Hall–Kier alpha value is -7.42. The Morgan fingerprint density at radius 1 is 0.304 bits per heavy atom. The molecular weight excluding hydrogens is 677 g/mol. The second-order valence-corrected chi connectivity index (χ2v) is 14.2. The molecule has 0 unspecified atom stereocenters. The second-order valence-electron chi connectivity index (χ2n) is 14.2. The molecule has 2 heteroatoms. The molecule has 0 spiro atoms. The van der Waals surface area contributed by atoms with Gasteiger partial charge in [-0.2, -0.15) is 0 Å². The van der Waals surface area contributed by atoms with Crippen LogP contribution >= 0.6 is 0 Å². The summed E-state index contributed by atoms with van der Waals surface area (Å²) >= 11 is 0. The first kappa shape index (κ1) is 33.2. The first-order chi connectivity index (χ1) is 27.8. The van der Waals surface area contributed by atoms with Crippen LogP contribution in [0.2, 0.25) is 0 Å². The second kappa shape index (κ2) is 14.4. The molecule has 56 heavy (non-hydrogen) atoms. The Labute approximate surface area is 327 Å². The van der Waals surface area contributed by atoms with Crippen molar-refractivity contribution in [1.29, 1.82) is 0 Å². The highest BCUT2D eigenvalue weighted by atomic mass is 15.1. The number of hydrogen-bond acceptors (Lipinski definition) is 1. The van der Waals surface area contributed by atoms with Gasteiger partial charge in [-0.1, -0.05) is 170 Å². The van der Waals surface area contributed by atoms with Crippen LogP contribution in [0, 0.1) is 0 Å². The number of fused-ring (bicyclic) bond motifs is 3. The van der Waals surface area contributed by atoms with Gasteiger partial charge in [0.15, 0.2) is 0 Å². The Morgan fingerprint density at radius 3 is 1.55 bits per heavy atom. The molecule has 9 aromatic carbocycles. The first-order valence-corrected chi connectivity index (χ1v) is 19.2. The first-order valence-electron chi connectivity index (χ1n) is 19.2. The standard InChI is InChI=1S/C54H38N2/c1-5-17-39(18-6-1)41-31-34-46(35-32-41)55(51-29-14-13-27-48(51)42-21-9-3-10-22-42)47-26-15-23-44(37-47)49-28-16-30-53-54(49)50-38-43(40-19-7-2-8-20-40)33-36-52(50)56(53)45-24-11-4-12-25-45/h1-38H. The van der Waals surface area contributed by atoms with Gasteiger partial charge in [-0.15, -0.1) is 0 Å². The largest absolute Gasteiger partial charge is 0.310 e. The molecule has 0 amide bonds. The number of benzene rings is 9. The minimum atomic E-state index is 1.09. The monoisotopic (exact) mass is 714 g/mol. The van der Waals surface area contributed by atoms with E-state index in [0.29, 0.717) is 0 Å². The van der Waals surface area contributed by atoms with E-state index in [4.69, 9.17) is 0 Å². The van der Waals surface area contributed by atoms with E-state index in [1.165, 1.54) is 60.8 Å². The molecule has 0 N–H and O–H groups in total. The number of aromatic nitrogens is 1. The van der Waals surface area contributed by atoms with Gasteiger partial charge >= 0.3 is 0 Å². The van der Waals surface area contributed by atoms with Crippen LogP contribution in [0.1, 0.15) is 0 Å². The van der Waals surface area contributed by atoms with Crippen LogP contribution in [-0.2, 0) is 0 Å². The summed E-state index contributed by atoms with van der Waals surface area (Å²) < 4.78 is 2.41. The fourth-order valence-corrected chi connectivity index (χ4v) is 8.18. The molecule has 0 radical (unpaired) electrons. The smallest absolute Gasteiger partial charge is 0.0547 e. The topological polar surface area (TPSA) is 8.17 Å². The molecule has 1 heterocycles. The lowest BCUT2D eigenvalue weighted by molar-refractivity contribution is 1.18. The van der Waals surface area contributed by atoms with E-state index in [0.717, 1.165) is 28.3 Å². The van der Waals surface area contributed by atoms with Crippen molar-refractivity contribution in [2.45, 2.75) is 0 Å². The summed E-state index contributed by atoms with van der Waals surface area (Å²) in [5.74, 6) is 0. The number of para-hydroxylation sites is 2. The molecule has 264 valence electrons. The highest BCUT2D eigenvalue weighted by Gasteiger charge is 2.20. The summed E-state index contributed by atoms with van der Waals surface area (Å²) in [6, 6.07) is 83.0. The Bertz CT molecular complexity index is 2930. The van der Waals surface area contributed by atoms with Gasteiger partial charge in [0.25, 0.3) is 0 Å². The van der Waals surface area contributed by atoms with E-state index < -0.39 is 0 Å². The lowest BCUT2D eigenvalue weighted by Crippen LogP contribution is -2.11. The molecule has 0 atom stereocenters. The maximum atomic E-state index is 2.41. The molecule has 0 aliphatic heterocycles. The zero-order valence-electron chi connectivity index (χ0n) is 30.8. The third-order valence-corrected chi connectivity index (χ3v) is 10.8. The Morgan fingerprint density at radius 2 is 0.839 bits per heavy atom. The van der Waals surface area contributed by atoms with Crippen molar-refractivity contribution < 1.29 is 0 Å². The fourth-order valence-electron chi connectivity index (χ4n) is 8.18. The van der Waals surface area contributed by atoms with Crippen molar-refractivity contribution in [3.63, 3.8) is 0 Å². The number of anilines is 3. The van der Waals surface area contributed by atoms with Crippen LogP contribution in [0.3, 0.4) is 0 Å². The molecule has 0 aliphatic carbocycles. The summed E-state index contributed by atoms with van der Waals surface area (Å²) in [6.07, 6.45) is 0. The molecule has 0 aliphatic rings. The SMILES string of the molecule is c1ccc(-c2ccc(N(c3cccc(-c4cccc5c4c4cc(-c6ccccc6)ccc4n5-c4ccccc4)c3)c3ccccc3-c3ccccc3)cc2)cc1. The lowest BCUT2D eigenvalue weighted by Gasteiger charge is -2.28. The number of nitrogens with zero attached hydrogens (tertiary/aromatic N) is 2. The van der Waals surface area contributed by atoms with Gasteiger partial charge in [-0.25, -0.2) is 0 Å². The number of hydrogen-bond donors (Lipinski definition) is 0. The Kier molecular flexibility index (Phi) is 8.55.